The molecule has 0 bridgehead atoms. The largest absolute Gasteiger partial charge is 0.352 e. The summed E-state index contributed by atoms with van der Waals surface area (Å²) in [7, 11) is 0. The van der Waals surface area contributed by atoms with Gasteiger partial charge in [-0.05, 0) is 73.9 Å². The topological polar surface area (TPSA) is 67.2 Å². The van der Waals surface area contributed by atoms with Gasteiger partial charge in [0.15, 0.2) is 0 Å². The highest BCUT2D eigenvalue weighted by molar-refractivity contribution is 7.17. The average Bonchev–Trinajstić information content (AvgIpc) is 3.35. The lowest BCUT2D eigenvalue weighted by Gasteiger charge is -2.33. The molecule has 0 spiro atoms. The maximum absolute atomic E-state index is 13.4. The van der Waals surface area contributed by atoms with Gasteiger partial charge >= 0.3 is 0 Å². The minimum absolute atomic E-state index is 0.0396. The molecular formula is C28H30N4O2S. The third-order valence-electron chi connectivity index (χ3n) is 6.94. The average molecular weight is 487 g/mol. The first-order valence-electron chi connectivity index (χ1n) is 12.1. The van der Waals surface area contributed by atoms with E-state index >= 15 is 0 Å². The monoisotopic (exact) mass is 486 g/mol. The van der Waals surface area contributed by atoms with E-state index in [1.807, 2.05) is 42.6 Å². The molecule has 2 aromatic heterocycles. The Labute approximate surface area is 209 Å². The molecule has 1 fully saturated rings. The van der Waals surface area contributed by atoms with Gasteiger partial charge in [0, 0.05) is 25.6 Å². The second kappa shape index (κ2) is 9.66. The van der Waals surface area contributed by atoms with E-state index in [-0.39, 0.29) is 17.4 Å². The van der Waals surface area contributed by atoms with Gasteiger partial charge in [-0.2, -0.15) is 0 Å². The first-order valence-corrected chi connectivity index (χ1v) is 12.9. The number of hydrogen-bond donors (Lipinski definition) is 1. The maximum atomic E-state index is 13.4. The van der Waals surface area contributed by atoms with Crippen molar-refractivity contribution in [3.8, 4) is 5.69 Å². The number of rotatable bonds is 5. The van der Waals surface area contributed by atoms with E-state index in [9.17, 15) is 9.59 Å². The van der Waals surface area contributed by atoms with Crippen molar-refractivity contribution < 1.29 is 4.79 Å². The molecule has 1 aliphatic rings. The van der Waals surface area contributed by atoms with E-state index in [4.69, 9.17) is 4.98 Å². The number of aryl methyl sites for hydroxylation is 3. The summed E-state index contributed by atoms with van der Waals surface area (Å²) in [6.45, 7) is 8.11. The van der Waals surface area contributed by atoms with Gasteiger partial charge in [0.05, 0.1) is 11.2 Å². The SMILES string of the molecule is Cc1ccc(-n2c(N3CCC(C(=O)NCc4ccc(C)c(C)c4)CC3)nc3ccsc3c2=O)cc1. The zero-order valence-corrected chi connectivity index (χ0v) is 21.2. The van der Waals surface area contributed by atoms with Crippen LogP contribution in [0.3, 0.4) is 0 Å². The van der Waals surface area contributed by atoms with Crippen molar-refractivity contribution in [2.24, 2.45) is 5.92 Å². The zero-order chi connectivity index (χ0) is 24.5. The summed E-state index contributed by atoms with van der Waals surface area (Å²) in [6.07, 6.45) is 1.45. The first kappa shape index (κ1) is 23.3. The quantitative estimate of drug-likeness (QED) is 0.436. The van der Waals surface area contributed by atoms with E-state index in [1.54, 1.807) is 4.57 Å². The lowest BCUT2D eigenvalue weighted by molar-refractivity contribution is -0.125. The summed E-state index contributed by atoms with van der Waals surface area (Å²) in [4.78, 5) is 33.3. The predicted octanol–water partition coefficient (Wildman–Crippen LogP) is 4.91. The lowest BCUT2D eigenvalue weighted by atomic mass is 9.96. The summed E-state index contributed by atoms with van der Waals surface area (Å²) in [6, 6.07) is 16.2. The van der Waals surface area contributed by atoms with Crippen molar-refractivity contribution in [1.29, 1.82) is 0 Å². The van der Waals surface area contributed by atoms with E-state index in [1.165, 1.54) is 22.5 Å². The van der Waals surface area contributed by atoms with E-state index in [0.717, 1.165) is 35.2 Å². The number of benzene rings is 2. The number of aromatic nitrogens is 2. The van der Waals surface area contributed by atoms with Crippen LogP contribution in [0.1, 0.15) is 35.1 Å². The lowest BCUT2D eigenvalue weighted by Crippen LogP contribution is -2.42. The van der Waals surface area contributed by atoms with Crippen LogP contribution in [-0.4, -0.2) is 28.5 Å². The number of thiophene rings is 1. The molecule has 7 heteroatoms. The first-order chi connectivity index (χ1) is 16.9. The molecule has 0 aliphatic carbocycles. The second-order valence-corrected chi connectivity index (χ2v) is 10.3. The molecule has 0 saturated carbocycles. The molecule has 1 N–H and O–H groups in total. The summed E-state index contributed by atoms with van der Waals surface area (Å²) in [5, 5.41) is 5.03. The number of fused-ring (bicyclic) bond motifs is 1. The fourth-order valence-electron chi connectivity index (χ4n) is 4.63. The number of carbonyl (C=O) groups excluding carboxylic acids is 1. The van der Waals surface area contributed by atoms with Gasteiger partial charge in [-0.1, -0.05) is 35.9 Å². The Morgan fingerprint density at radius 3 is 2.49 bits per heavy atom. The number of anilines is 1. The Hall–Kier alpha value is -3.45. The molecular weight excluding hydrogens is 456 g/mol. The summed E-state index contributed by atoms with van der Waals surface area (Å²) in [5.74, 6) is 0.709. The van der Waals surface area contributed by atoms with Crippen molar-refractivity contribution in [2.75, 3.05) is 18.0 Å². The van der Waals surface area contributed by atoms with Crippen molar-refractivity contribution in [3.05, 3.63) is 86.5 Å². The third kappa shape index (κ3) is 4.73. The predicted molar refractivity (Wildman–Crippen MR) is 143 cm³/mol. The molecule has 5 rings (SSSR count). The number of carbonyl (C=O) groups is 1. The molecule has 1 aliphatic heterocycles. The summed E-state index contributed by atoms with van der Waals surface area (Å²) in [5.41, 5.74) is 6.25. The van der Waals surface area contributed by atoms with Crippen LogP contribution in [0, 0.1) is 26.7 Å². The Morgan fingerprint density at radius 1 is 1.03 bits per heavy atom. The number of nitrogens with zero attached hydrogens (tertiary/aromatic N) is 3. The van der Waals surface area contributed by atoms with Gasteiger partial charge in [0.25, 0.3) is 5.56 Å². The van der Waals surface area contributed by atoms with Crippen molar-refractivity contribution >= 4 is 33.4 Å². The molecule has 1 saturated heterocycles. The molecule has 0 unspecified atom stereocenters. The fourth-order valence-corrected chi connectivity index (χ4v) is 5.39. The standard InChI is InChI=1S/C28H30N4O2S/c1-18-4-8-23(9-5-18)32-27(34)25-24(12-15-35-25)30-28(32)31-13-10-22(11-14-31)26(33)29-17-21-7-6-19(2)20(3)16-21/h4-9,12,15-16,22H,10-11,13-14,17H2,1-3H3,(H,29,33). The van der Waals surface area contributed by atoms with Crippen molar-refractivity contribution in [3.63, 3.8) is 0 Å². The number of hydrogen-bond acceptors (Lipinski definition) is 5. The van der Waals surface area contributed by atoms with Crippen LogP contribution in [0.15, 0.2) is 58.7 Å². The Balaban J connectivity index is 1.33. The van der Waals surface area contributed by atoms with Gasteiger partial charge < -0.3 is 10.2 Å². The van der Waals surface area contributed by atoms with Crippen LogP contribution in [0.5, 0.6) is 0 Å². The van der Waals surface area contributed by atoms with Crippen LogP contribution >= 0.6 is 11.3 Å². The molecule has 0 radical (unpaired) electrons. The molecule has 180 valence electrons. The summed E-state index contributed by atoms with van der Waals surface area (Å²) < 4.78 is 2.38. The van der Waals surface area contributed by atoms with Crippen LogP contribution in [0.25, 0.3) is 15.9 Å². The molecule has 3 heterocycles. The zero-order valence-electron chi connectivity index (χ0n) is 20.4. The summed E-state index contributed by atoms with van der Waals surface area (Å²) >= 11 is 1.42. The minimum Gasteiger partial charge on any atom is -0.352 e. The van der Waals surface area contributed by atoms with Gasteiger partial charge in [-0.25, -0.2) is 9.55 Å². The van der Waals surface area contributed by atoms with Gasteiger partial charge in [0.1, 0.15) is 4.70 Å². The normalized spacial score (nSPS) is 14.4. The highest BCUT2D eigenvalue weighted by Gasteiger charge is 2.28. The van der Waals surface area contributed by atoms with Crippen LogP contribution in [0.4, 0.5) is 5.95 Å². The van der Waals surface area contributed by atoms with Gasteiger partial charge in [0.2, 0.25) is 11.9 Å². The van der Waals surface area contributed by atoms with Crippen LogP contribution in [-0.2, 0) is 11.3 Å². The third-order valence-corrected chi connectivity index (χ3v) is 7.83. The van der Waals surface area contributed by atoms with E-state index < -0.39 is 0 Å². The van der Waals surface area contributed by atoms with E-state index in [2.05, 4.69) is 42.3 Å². The molecule has 4 aromatic rings. The molecule has 2 aromatic carbocycles. The van der Waals surface area contributed by atoms with Gasteiger partial charge in [-0.3, -0.25) is 9.59 Å². The second-order valence-electron chi connectivity index (χ2n) is 9.42. The van der Waals surface area contributed by atoms with E-state index in [0.29, 0.717) is 30.3 Å². The van der Waals surface area contributed by atoms with Gasteiger partial charge in [-0.15, -0.1) is 11.3 Å². The number of piperidine rings is 1. The Bertz CT molecular complexity index is 1430. The molecule has 6 nitrogen and oxygen atoms in total. The molecule has 0 atom stereocenters. The van der Waals surface area contributed by atoms with Crippen LogP contribution < -0.4 is 15.8 Å². The highest BCUT2D eigenvalue weighted by Crippen LogP contribution is 2.27. The number of nitrogens with one attached hydrogen (secondary N) is 1. The van der Waals surface area contributed by atoms with Crippen molar-refractivity contribution in [1.82, 2.24) is 14.9 Å². The highest BCUT2D eigenvalue weighted by atomic mass is 32.1. The smallest absolute Gasteiger partial charge is 0.277 e. The molecule has 1 amide bonds. The van der Waals surface area contributed by atoms with Crippen molar-refractivity contribution in [2.45, 2.75) is 40.2 Å². The number of amides is 1. The Kier molecular flexibility index (Phi) is 6.43. The molecule has 35 heavy (non-hydrogen) atoms. The minimum atomic E-state index is -0.0443. The maximum Gasteiger partial charge on any atom is 0.277 e. The Morgan fingerprint density at radius 2 is 1.77 bits per heavy atom. The fraction of sp³-hybridized carbons (Fsp3) is 0.321. The van der Waals surface area contributed by atoms with Crippen LogP contribution in [0.2, 0.25) is 0 Å².